The second-order valence-corrected chi connectivity index (χ2v) is 6.54. The first-order chi connectivity index (χ1) is 13.5. The van der Waals surface area contributed by atoms with Gasteiger partial charge < -0.3 is 4.57 Å². The quantitative estimate of drug-likeness (QED) is 0.637. The van der Waals surface area contributed by atoms with Crippen molar-refractivity contribution in [2.75, 3.05) is 6.54 Å². The van der Waals surface area contributed by atoms with E-state index in [0.717, 1.165) is 4.90 Å². The Morgan fingerprint density at radius 3 is 2.36 bits per heavy atom. The highest BCUT2D eigenvalue weighted by Crippen LogP contribution is 2.23. The molecule has 8 heteroatoms. The largest absolute Gasteiger partial charge is 0.315 e. The first-order valence-corrected chi connectivity index (χ1v) is 8.83. The van der Waals surface area contributed by atoms with Crippen LogP contribution in [-0.4, -0.2) is 37.6 Å². The first-order valence-electron chi connectivity index (χ1n) is 8.83. The van der Waals surface area contributed by atoms with Crippen molar-refractivity contribution in [3.8, 4) is 0 Å². The number of carbonyl (C=O) groups is 2. The first kappa shape index (κ1) is 17.8. The Bertz CT molecular complexity index is 1160. The van der Waals surface area contributed by atoms with Crippen molar-refractivity contribution in [1.29, 1.82) is 0 Å². The van der Waals surface area contributed by atoms with Gasteiger partial charge in [0, 0.05) is 18.9 Å². The molecule has 1 aliphatic heterocycles. The van der Waals surface area contributed by atoms with Crippen LogP contribution in [0.4, 0.5) is 4.39 Å². The molecule has 0 N–H and O–H groups in total. The van der Waals surface area contributed by atoms with E-state index in [9.17, 15) is 18.8 Å². The number of carbonyl (C=O) groups excluding carboxylic acids is 2. The molecule has 7 nitrogen and oxygen atoms in total. The molecule has 2 amide bonds. The summed E-state index contributed by atoms with van der Waals surface area (Å²) in [6, 6.07) is 8.23. The van der Waals surface area contributed by atoms with Gasteiger partial charge in [-0.05, 0) is 30.7 Å². The van der Waals surface area contributed by atoms with Crippen molar-refractivity contribution in [1.82, 2.24) is 19.2 Å². The summed E-state index contributed by atoms with van der Waals surface area (Å²) < 4.78 is 16.5. The van der Waals surface area contributed by atoms with Crippen LogP contribution in [0.25, 0.3) is 10.9 Å². The lowest BCUT2D eigenvalue weighted by atomic mass is 10.1. The summed E-state index contributed by atoms with van der Waals surface area (Å²) >= 11 is 0. The summed E-state index contributed by atoms with van der Waals surface area (Å²) in [4.78, 5) is 38.3. The molecule has 2 aromatic heterocycles. The minimum absolute atomic E-state index is 0.0180. The number of hydrogen-bond acceptors (Lipinski definition) is 4. The maximum Gasteiger partial charge on any atom is 0.261 e. The average molecular weight is 380 g/mol. The standard InChI is InChI=1S/C20H17FN4O3/c1-2-23-8-7-17-16(18(23)26)12-24(22-17)10-13(9-21)11-25-19(27)14-5-3-4-6-15(14)20(25)28/h3-9,12H,2,10-11H2,1H3. The number of nitrogens with zero attached hydrogens (tertiary/aromatic N) is 4. The van der Waals surface area contributed by atoms with E-state index in [2.05, 4.69) is 5.10 Å². The van der Waals surface area contributed by atoms with E-state index >= 15 is 0 Å². The number of hydrogen-bond donors (Lipinski definition) is 0. The zero-order valence-electron chi connectivity index (χ0n) is 15.1. The minimum atomic E-state index is -0.448. The number of fused-ring (bicyclic) bond motifs is 2. The third-order valence-electron chi connectivity index (χ3n) is 4.79. The van der Waals surface area contributed by atoms with Gasteiger partial charge in [0.2, 0.25) is 0 Å². The molecule has 0 saturated heterocycles. The van der Waals surface area contributed by atoms with Gasteiger partial charge in [0.25, 0.3) is 17.4 Å². The van der Waals surface area contributed by atoms with Gasteiger partial charge in [0.05, 0.1) is 41.4 Å². The summed E-state index contributed by atoms with van der Waals surface area (Å²) in [5.74, 6) is -0.896. The van der Waals surface area contributed by atoms with Crippen LogP contribution < -0.4 is 5.56 Å². The van der Waals surface area contributed by atoms with Gasteiger partial charge in [-0.1, -0.05) is 12.1 Å². The molecule has 0 bridgehead atoms. The Labute approximate surface area is 159 Å². The summed E-state index contributed by atoms with van der Waals surface area (Å²) in [6.45, 7) is 2.24. The van der Waals surface area contributed by atoms with Gasteiger partial charge in [0.1, 0.15) is 0 Å². The van der Waals surface area contributed by atoms with Crippen molar-refractivity contribution < 1.29 is 14.0 Å². The summed E-state index contributed by atoms with van der Waals surface area (Å²) in [5.41, 5.74) is 1.16. The van der Waals surface area contributed by atoms with Crippen LogP contribution in [0.1, 0.15) is 27.6 Å². The third-order valence-corrected chi connectivity index (χ3v) is 4.79. The minimum Gasteiger partial charge on any atom is -0.315 e. The van der Waals surface area contributed by atoms with Gasteiger partial charge in [0.15, 0.2) is 0 Å². The van der Waals surface area contributed by atoms with Crippen molar-refractivity contribution in [2.45, 2.75) is 20.0 Å². The highest BCUT2D eigenvalue weighted by molar-refractivity contribution is 6.21. The number of halogens is 1. The molecule has 0 fully saturated rings. The number of imide groups is 1. The Morgan fingerprint density at radius 2 is 1.75 bits per heavy atom. The molecule has 28 heavy (non-hydrogen) atoms. The van der Waals surface area contributed by atoms with Crippen LogP contribution in [0, 0.1) is 0 Å². The fourth-order valence-electron chi connectivity index (χ4n) is 3.35. The predicted octanol–water partition coefficient (Wildman–Crippen LogP) is 2.37. The normalized spacial score (nSPS) is 14.2. The van der Waals surface area contributed by atoms with Crippen LogP contribution >= 0.6 is 0 Å². The molecule has 0 saturated carbocycles. The number of pyridine rings is 1. The van der Waals surface area contributed by atoms with E-state index in [-0.39, 0.29) is 24.2 Å². The van der Waals surface area contributed by atoms with Gasteiger partial charge in [-0.25, -0.2) is 4.39 Å². The van der Waals surface area contributed by atoms with Crippen molar-refractivity contribution >= 4 is 22.7 Å². The number of aryl methyl sites for hydroxylation is 1. The van der Waals surface area contributed by atoms with Gasteiger partial charge >= 0.3 is 0 Å². The van der Waals surface area contributed by atoms with Crippen LogP contribution in [0.2, 0.25) is 0 Å². The molecule has 142 valence electrons. The molecule has 1 aromatic carbocycles. The summed E-state index contributed by atoms with van der Waals surface area (Å²) in [7, 11) is 0. The lowest BCUT2D eigenvalue weighted by Gasteiger charge is -2.15. The van der Waals surface area contributed by atoms with Gasteiger partial charge in [-0.15, -0.1) is 0 Å². The molecule has 1 aliphatic rings. The highest BCUT2D eigenvalue weighted by atomic mass is 19.1. The molecular weight excluding hydrogens is 363 g/mol. The second-order valence-electron chi connectivity index (χ2n) is 6.54. The SMILES string of the molecule is CCn1ccc2nn(CC(=CF)CN3C(=O)c4ccccc4C3=O)cc2c1=O. The molecule has 0 radical (unpaired) electrons. The van der Waals surface area contributed by atoms with Crippen LogP contribution in [0.3, 0.4) is 0 Å². The van der Waals surface area contributed by atoms with E-state index in [4.69, 9.17) is 0 Å². The van der Waals surface area contributed by atoms with Crippen LogP contribution in [-0.2, 0) is 13.1 Å². The maximum atomic E-state index is 13.5. The molecule has 0 aliphatic carbocycles. The Balaban J connectivity index is 1.57. The number of amides is 2. The fourth-order valence-corrected chi connectivity index (χ4v) is 3.35. The zero-order chi connectivity index (χ0) is 19.8. The average Bonchev–Trinajstić information content (AvgIpc) is 3.23. The van der Waals surface area contributed by atoms with E-state index in [1.807, 2.05) is 6.92 Å². The Hall–Kier alpha value is -3.55. The van der Waals surface area contributed by atoms with E-state index in [1.165, 1.54) is 4.68 Å². The molecular formula is C20H17FN4O3. The summed E-state index contributed by atoms with van der Waals surface area (Å²) in [5, 5.41) is 4.73. The van der Waals surface area contributed by atoms with Crippen LogP contribution in [0.15, 0.2) is 59.4 Å². The van der Waals surface area contributed by atoms with E-state index in [0.29, 0.717) is 34.9 Å². The van der Waals surface area contributed by atoms with Crippen molar-refractivity contribution in [3.63, 3.8) is 0 Å². The highest BCUT2D eigenvalue weighted by Gasteiger charge is 2.35. The maximum absolute atomic E-state index is 13.5. The third kappa shape index (κ3) is 2.83. The van der Waals surface area contributed by atoms with Crippen molar-refractivity contribution in [2.24, 2.45) is 0 Å². The van der Waals surface area contributed by atoms with E-state index in [1.54, 1.807) is 47.3 Å². The lowest BCUT2D eigenvalue weighted by molar-refractivity contribution is 0.0666. The smallest absolute Gasteiger partial charge is 0.261 e. The van der Waals surface area contributed by atoms with Crippen LogP contribution in [0.5, 0.6) is 0 Å². The topological polar surface area (TPSA) is 77.2 Å². The Morgan fingerprint density at radius 1 is 1.07 bits per heavy atom. The molecule has 3 heterocycles. The predicted molar refractivity (Wildman–Crippen MR) is 101 cm³/mol. The van der Waals surface area contributed by atoms with Gasteiger partial charge in [-0.3, -0.25) is 24.0 Å². The molecule has 0 spiro atoms. The number of rotatable bonds is 5. The monoisotopic (exact) mass is 380 g/mol. The molecule has 0 unspecified atom stereocenters. The molecule has 3 aromatic rings. The lowest BCUT2D eigenvalue weighted by Crippen LogP contribution is -2.32. The van der Waals surface area contributed by atoms with Gasteiger partial charge in [-0.2, -0.15) is 5.10 Å². The Kier molecular flexibility index (Phi) is 4.38. The summed E-state index contributed by atoms with van der Waals surface area (Å²) in [6.07, 6.45) is 3.59. The number of aromatic nitrogens is 3. The number of benzene rings is 1. The van der Waals surface area contributed by atoms with Crippen molar-refractivity contribution in [3.05, 3.63) is 76.1 Å². The zero-order valence-corrected chi connectivity index (χ0v) is 15.1. The molecule has 0 atom stereocenters. The molecule has 4 rings (SSSR count). The van der Waals surface area contributed by atoms with E-state index < -0.39 is 11.8 Å². The second kappa shape index (κ2) is 6.88. The fraction of sp³-hybridized carbons (Fsp3) is 0.200.